The van der Waals surface area contributed by atoms with E-state index in [-0.39, 0.29) is 17.9 Å². The monoisotopic (exact) mass is 480 g/mol. The number of nitrogens with one attached hydrogen (secondary N) is 3. The van der Waals surface area contributed by atoms with E-state index in [1.807, 2.05) is 12.1 Å². The number of nitrogens with zero attached hydrogens (tertiary/aromatic N) is 3. The molecule has 2 fully saturated rings. The van der Waals surface area contributed by atoms with Crippen molar-refractivity contribution in [3.8, 4) is 11.5 Å². The summed E-state index contributed by atoms with van der Waals surface area (Å²) in [5.74, 6) is 2.01. The van der Waals surface area contributed by atoms with Crippen molar-refractivity contribution in [2.24, 2.45) is 5.92 Å². The number of likely N-dealkylation sites (tertiary alicyclic amines) is 1. The van der Waals surface area contributed by atoms with Crippen molar-refractivity contribution in [1.29, 1.82) is 0 Å². The molecule has 3 aromatic rings. The second-order valence-electron chi connectivity index (χ2n) is 9.01. The lowest BCUT2D eigenvalue weighted by atomic mass is 10.0. The third-order valence-corrected chi connectivity index (χ3v) is 6.58. The molecular weight excluding hydrogens is 451 g/mol. The quantitative estimate of drug-likeness (QED) is 0.426. The number of fused-ring (bicyclic) bond motifs is 2. The maximum Gasteiger partial charge on any atom is 0.315 e. The smallest absolute Gasteiger partial charge is 0.315 e. The molecule has 0 bridgehead atoms. The Bertz CT molecular complexity index is 1240. The number of aromatic nitrogens is 2. The van der Waals surface area contributed by atoms with Crippen LogP contribution in [0.25, 0.3) is 10.9 Å². The first-order valence-corrected chi connectivity index (χ1v) is 11.8. The standard InChI is InChI=1S/C25H29FN6O3/c1-15-8-17(4-5-19(15)26)30-24-18-9-23(22(34-2)10-20(18)28-14-29-24)35-7-3-6-32-12-16-11-27-25(33)31-21(16)13-32/h4-5,8-10,14,16,21H,3,6-7,11-13H2,1-2H3,(H2,27,31,33)(H,28,29,30). The van der Waals surface area contributed by atoms with E-state index in [4.69, 9.17) is 9.47 Å². The van der Waals surface area contributed by atoms with Crippen molar-refractivity contribution >= 4 is 28.4 Å². The molecular formula is C25H29FN6O3. The largest absolute Gasteiger partial charge is 0.493 e. The molecule has 2 unspecified atom stereocenters. The summed E-state index contributed by atoms with van der Waals surface area (Å²) in [7, 11) is 1.60. The van der Waals surface area contributed by atoms with Crippen LogP contribution < -0.4 is 25.4 Å². The van der Waals surface area contributed by atoms with Crippen molar-refractivity contribution in [3.63, 3.8) is 0 Å². The van der Waals surface area contributed by atoms with Gasteiger partial charge in [0.15, 0.2) is 11.5 Å². The SMILES string of the molecule is COc1cc2ncnc(Nc3ccc(F)c(C)c3)c2cc1OCCCN1CC2CNC(=O)NC2C1. The summed E-state index contributed by atoms with van der Waals surface area (Å²) in [6.07, 6.45) is 2.32. The average Bonchev–Trinajstić information content (AvgIpc) is 3.25. The maximum absolute atomic E-state index is 13.7. The van der Waals surface area contributed by atoms with Gasteiger partial charge < -0.3 is 30.3 Å². The Morgan fingerprint density at radius 2 is 2.09 bits per heavy atom. The van der Waals surface area contributed by atoms with Crippen molar-refractivity contribution in [2.45, 2.75) is 19.4 Å². The van der Waals surface area contributed by atoms with Gasteiger partial charge in [-0.15, -0.1) is 0 Å². The van der Waals surface area contributed by atoms with Gasteiger partial charge in [0.1, 0.15) is 18.0 Å². The number of rotatable bonds is 8. The van der Waals surface area contributed by atoms with Crippen LogP contribution in [0.3, 0.4) is 0 Å². The number of halogens is 1. The number of methoxy groups -OCH3 is 1. The molecule has 2 aromatic carbocycles. The molecule has 0 radical (unpaired) electrons. The number of carbonyl (C=O) groups is 1. The fourth-order valence-electron chi connectivity index (χ4n) is 4.72. The molecule has 1 aromatic heterocycles. The average molecular weight is 481 g/mol. The van der Waals surface area contributed by atoms with Gasteiger partial charge >= 0.3 is 6.03 Å². The minimum Gasteiger partial charge on any atom is -0.493 e. The van der Waals surface area contributed by atoms with Gasteiger partial charge in [-0.2, -0.15) is 0 Å². The number of amides is 2. The predicted octanol–water partition coefficient (Wildman–Crippen LogP) is 3.21. The molecule has 0 saturated carbocycles. The van der Waals surface area contributed by atoms with Gasteiger partial charge in [-0.3, -0.25) is 0 Å². The minimum atomic E-state index is -0.252. The van der Waals surface area contributed by atoms with Crippen LogP contribution in [0, 0.1) is 18.7 Å². The zero-order valence-electron chi connectivity index (χ0n) is 19.8. The number of hydrogen-bond acceptors (Lipinski definition) is 7. The fraction of sp³-hybridized carbons (Fsp3) is 0.400. The van der Waals surface area contributed by atoms with Crippen LogP contribution in [0.2, 0.25) is 0 Å². The van der Waals surface area contributed by atoms with Crippen molar-refractivity contribution in [1.82, 2.24) is 25.5 Å². The highest BCUT2D eigenvalue weighted by Crippen LogP contribution is 2.35. The maximum atomic E-state index is 13.7. The summed E-state index contributed by atoms with van der Waals surface area (Å²) >= 11 is 0. The van der Waals surface area contributed by atoms with Gasteiger partial charge in [-0.25, -0.2) is 19.2 Å². The Labute approximate surface area is 203 Å². The Morgan fingerprint density at radius 1 is 1.20 bits per heavy atom. The van der Waals surface area contributed by atoms with Crippen LogP contribution in [0.4, 0.5) is 20.7 Å². The number of carbonyl (C=O) groups excluding carboxylic acids is 1. The Balaban J connectivity index is 1.25. The molecule has 2 atom stereocenters. The summed E-state index contributed by atoms with van der Waals surface area (Å²) in [6.45, 7) is 5.69. The molecule has 2 aliphatic rings. The summed E-state index contributed by atoms with van der Waals surface area (Å²) in [5, 5.41) is 9.91. The molecule has 5 rings (SSSR count). The zero-order chi connectivity index (χ0) is 24.4. The van der Waals surface area contributed by atoms with Crippen LogP contribution in [-0.4, -0.2) is 66.8 Å². The highest BCUT2D eigenvalue weighted by molar-refractivity contribution is 5.93. The van der Waals surface area contributed by atoms with Crippen LogP contribution in [-0.2, 0) is 0 Å². The molecule has 184 valence electrons. The molecule has 2 saturated heterocycles. The van der Waals surface area contributed by atoms with E-state index in [9.17, 15) is 9.18 Å². The third-order valence-electron chi connectivity index (χ3n) is 6.58. The van der Waals surface area contributed by atoms with Crippen LogP contribution in [0.1, 0.15) is 12.0 Å². The number of anilines is 2. The second kappa shape index (κ2) is 9.91. The molecule has 35 heavy (non-hydrogen) atoms. The van der Waals surface area contributed by atoms with Gasteiger partial charge in [-0.1, -0.05) is 0 Å². The number of ether oxygens (including phenoxy) is 2. The first kappa shape index (κ1) is 23.1. The topological polar surface area (TPSA) is 101 Å². The van der Waals surface area contributed by atoms with Crippen molar-refractivity contribution in [3.05, 3.63) is 48.0 Å². The van der Waals surface area contributed by atoms with Crippen molar-refractivity contribution in [2.75, 3.05) is 45.2 Å². The fourth-order valence-corrected chi connectivity index (χ4v) is 4.72. The Morgan fingerprint density at radius 3 is 2.91 bits per heavy atom. The van der Waals surface area contributed by atoms with E-state index in [1.165, 1.54) is 12.4 Å². The molecule has 3 heterocycles. The lowest BCUT2D eigenvalue weighted by Crippen LogP contribution is -2.54. The molecule has 0 aliphatic carbocycles. The number of benzene rings is 2. The van der Waals surface area contributed by atoms with Gasteiger partial charge in [0.2, 0.25) is 0 Å². The Hall–Kier alpha value is -3.66. The minimum absolute atomic E-state index is 0.0766. The first-order valence-electron chi connectivity index (χ1n) is 11.8. The number of urea groups is 1. The van der Waals surface area contributed by atoms with Gasteiger partial charge in [0, 0.05) is 55.3 Å². The van der Waals surface area contributed by atoms with Gasteiger partial charge in [-0.05, 0) is 43.2 Å². The molecule has 2 aliphatic heterocycles. The Kier molecular flexibility index (Phi) is 6.54. The predicted molar refractivity (Wildman–Crippen MR) is 131 cm³/mol. The molecule has 9 nitrogen and oxygen atoms in total. The summed E-state index contributed by atoms with van der Waals surface area (Å²) in [4.78, 5) is 22.7. The van der Waals surface area contributed by atoms with Crippen LogP contribution in [0.15, 0.2) is 36.7 Å². The normalized spacial score (nSPS) is 19.7. The summed E-state index contributed by atoms with van der Waals surface area (Å²) in [5.41, 5.74) is 2.00. The lowest BCUT2D eigenvalue weighted by Gasteiger charge is -2.25. The van der Waals surface area contributed by atoms with Crippen LogP contribution >= 0.6 is 0 Å². The highest BCUT2D eigenvalue weighted by Gasteiger charge is 2.36. The number of hydrogen-bond donors (Lipinski definition) is 3. The van der Waals surface area contributed by atoms with Gasteiger partial charge in [0.25, 0.3) is 0 Å². The van der Waals surface area contributed by atoms with Crippen molar-refractivity contribution < 1.29 is 18.7 Å². The highest BCUT2D eigenvalue weighted by atomic mass is 19.1. The van der Waals surface area contributed by atoms with E-state index in [2.05, 4.69) is 30.8 Å². The molecule has 2 amide bonds. The van der Waals surface area contributed by atoms with E-state index in [1.54, 1.807) is 26.2 Å². The number of aryl methyl sites for hydroxylation is 1. The van der Waals surface area contributed by atoms with E-state index < -0.39 is 0 Å². The van der Waals surface area contributed by atoms with E-state index >= 15 is 0 Å². The molecule has 10 heteroatoms. The zero-order valence-corrected chi connectivity index (χ0v) is 19.8. The molecule has 3 N–H and O–H groups in total. The van der Waals surface area contributed by atoms with E-state index in [0.29, 0.717) is 40.9 Å². The van der Waals surface area contributed by atoms with Gasteiger partial charge in [0.05, 0.1) is 19.2 Å². The summed E-state index contributed by atoms with van der Waals surface area (Å²) < 4.78 is 25.3. The second-order valence-corrected chi connectivity index (χ2v) is 9.01. The van der Waals surface area contributed by atoms with E-state index in [0.717, 1.165) is 43.7 Å². The lowest BCUT2D eigenvalue weighted by molar-refractivity contribution is 0.223. The molecule has 0 spiro atoms. The first-order chi connectivity index (χ1) is 17.0. The summed E-state index contributed by atoms with van der Waals surface area (Å²) in [6, 6.07) is 8.69. The van der Waals surface area contributed by atoms with Crippen LogP contribution in [0.5, 0.6) is 11.5 Å². The third kappa shape index (κ3) is 5.07.